The third-order valence-electron chi connectivity index (χ3n) is 5.19. The smallest absolute Gasteiger partial charge is 0.408 e. The van der Waals surface area contributed by atoms with E-state index in [2.05, 4.69) is 16.0 Å². The monoisotopic (exact) mass is 531 g/mol. The van der Waals surface area contributed by atoms with Crippen LogP contribution in [0, 0.1) is 5.92 Å². The minimum atomic E-state index is -1.58. The number of phenolic OH excluding ortho intramolecular Hbond substituents is 3. The van der Waals surface area contributed by atoms with Crippen LogP contribution in [0.4, 0.5) is 4.79 Å². The summed E-state index contributed by atoms with van der Waals surface area (Å²) in [6.07, 6.45) is -0.938. The van der Waals surface area contributed by atoms with Gasteiger partial charge in [0.2, 0.25) is 11.8 Å². The third kappa shape index (κ3) is 8.57. The zero-order valence-corrected chi connectivity index (χ0v) is 21.7. The second-order valence-corrected chi connectivity index (χ2v) is 9.96. The molecule has 0 aromatic heterocycles. The number of rotatable bonds is 9. The largest absolute Gasteiger partial charge is 0.508 e. The van der Waals surface area contributed by atoms with Crippen LogP contribution in [0.5, 0.6) is 17.2 Å². The first kappa shape index (κ1) is 29.7. The first-order valence-corrected chi connectivity index (χ1v) is 11.7. The number of carbonyl (C=O) groups is 4. The van der Waals surface area contributed by atoms with Crippen LogP contribution >= 0.6 is 0 Å². The predicted molar refractivity (Wildman–Crippen MR) is 135 cm³/mol. The highest BCUT2D eigenvalue weighted by atomic mass is 16.6. The van der Waals surface area contributed by atoms with Crippen LogP contribution in [0.3, 0.4) is 0 Å². The topological polar surface area (TPSA) is 195 Å². The van der Waals surface area contributed by atoms with Crippen LogP contribution in [0.15, 0.2) is 42.5 Å². The summed E-state index contributed by atoms with van der Waals surface area (Å²) in [7, 11) is 0. The summed E-state index contributed by atoms with van der Waals surface area (Å²) in [6, 6.07) is 4.30. The fourth-order valence-corrected chi connectivity index (χ4v) is 3.45. The minimum Gasteiger partial charge on any atom is -0.508 e. The van der Waals surface area contributed by atoms with E-state index >= 15 is 0 Å². The van der Waals surface area contributed by atoms with Gasteiger partial charge in [-0.15, -0.1) is 0 Å². The Morgan fingerprint density at radius 2 is 1.24 bits per heavy atom. The van der Waals surface area contributed by atoms with Crippen molar-refractivity contribution in [2.24, 2.45) is 5.92 Å². The van der Waals surface area contributed by atoms with Crippen molar-refractivity contribution in [1.82, 2.24) is 16.0 Å². The van der Waals surface area contributed by atoms with Crippen molar-refractivity contribution in [2.45, 2.75) is 58.3 Å². The first-order valence-electron chi connectivity index (χ1n) is 11.7. The minimum absolute atomic E-state index is 0.0528. The van der Waals surface area contributed by atoms with Crippen molar-refractivity contribution in [2.75, 3.05) is 0 Å². The van der Waals surface area contributed by atoms with Gasteiger partial charge in [-0.25, -0.2) is 9.59 Å². The van der Waals surface area contributed by atoms with Gasteiger partial charge in [-0.1, -0.05) is 26.0 Å². The van der Waals surface area contributed by atoms with Gasteiger partial charge in [0.15, 0.2) is 0 Å². The lowest BCUT2D eigenvalue weighted by Gasteiger charge is -2.27. The van der Waals surface area contributed by atoms with E-state index in [-0.39, 0.29) is 16.9 Å². The highest BCUT2D eigenvalue weighted by Gasteiger charge is 2.33. The second-order valence-electron chi connectivity index (χ2n) is 9.96. The highest BCUT2D eigenvalue weighted by Crippen LogP contribution is 2.27. The average Bonchev–Trinajstić information content (AvgIpc) is 2.77. The van der Waals surface area contributed by atoms with Crippen LogP contribution in [0.2, 0.25) is 0 Å². The van der Waals surface area contributed by atoms with Gasteiger partial charge in [0.25, 0.3) is 0 Å². The summed E-state index contributed by atoms with van der Waals surface area (Å²) in [4.78, 5) is 50.9. The Morgan fingerprint density at radius 3 is 1.71 bits per heavy atom. The van der Waals surface area contributed by atoms with Gasteiger partial charge in [-0.3, -0.25) is 9.59 Å². The Balaban J connectivity index is 2.47. The summed E-state index contributed by atoms with van der Waals surface area (Å²) < 4.78 is 5.25. The van der Waals surface area contributed by atoms with Crippen LogP contribution in [0.25, 0.3) is 0 Å². The molecule has 12 nitrogen and oxygen atoms in total. The molecule has 0 spiro atoms. The number of amides is 3. The molecular formula is C26H33N3O9. The maximum atomic E-state index is 13.5. The number of benzene rings is 2. The molecule has 0 aliphatic rings. The van der Waals surface area contributed by atoms with Gasteiger partial charge >= 0.3 is 12.1 Å². The molecule has 3 amide bonds. The molecule has 0 unspecified atom stereocenters. The Labute approximate surface area is 219 Å². The number of hydrogen-bond acceptors (Lipinski definition) is 8. The summed E-state index contributed by atoms with van der Waals surface area (Å²) in [5.74, 6) is -4.56. The molecule has 3 atom stereocenters. The standard InChI is InChI=1S/C26H33N3O9/c1-13(2)19(24(35)36)27-23(34)21(15-10-17(31)12-18(32)11-15)28-22(33)20(14-6-8-16(30)9-7-14)29-25(37)38-26(3,4)5/h6-13,19-21,30-32H,1-5H3,(H,27,34)(H,28,33)(H,29,37)(H,35,36)/t19-,20+,21+/m0/s1. The van der Waals surface area contributed by atoms with E-state index in [0.717, 1.165) is 18.2 Å². The van der Waals surface area contributed by atoms with Crippen molar-refractivity contribution in [1.29, 1.82) is 0 Å². The molecule has 2 aromatic rings. The molecule has 0 fully saturated rings. The molecule has 0 saturated heterocycles. The van der Waals surface area contributed by atoms with Crippen LogP contribution in [-0.4, -0.2) is 55.9 Å². The number of hydrogen-bond donors (Lipinski definition) is 7. The molecule has 38 heavy (non-hydrogen) atoms. The number of carboxylic acids is 1. The van der Waals surface area contributed by atoms with E-state index in [1.54, 1.807) is 34.6 Å². The number of phenols is 3. The molecule has 206 valence electrons. The van der Waals surface area contributed by atoms with Gasteiger partial charge in [0.1, 0.15) is 41.0 Å². The quantitative estimate of drug-likeness (QED) is 0.254. The van der Waals surface area contributed by atoms with Crippen molar-refractivity contribution in [3.8, 4) is 17.2 Å². The molecule has 2 rings (SSSR count). The van der Waals surface area contributed by atoms with Crippen LogP contribution in [-0.2, 0) is 19.1 Å². The van der Waals surface area contributed by atoms with Gasteiger partial charge in [0.05, 0.1) is 0 Å². The lowest BCUT2D eigenvalue weighted by molar-refractivity contribution is -0.143. The number of nitrogens with one attached hydrogen (secondary N) is 3. The molecule has 0 aliphatic carbocycles. The van der Waals surface area contributed by atoms with E-state index in [4.69, 9.17) is 4.74 Å². The third-order valence-corrected chi connectivity index (χ3v) is 5.19. The Morgan fingerprint density at radius 1 is 0.737 bits per heavy atom. The number of alkyl carbamates (subject to hydrolysis) is 1. The molecule has 12 heteroatoms. The Hall–Kier alpha value is -4.48. The average molecular weight is 532 g/mol. The SMILES string of the molecule is CC(C)[C@H](NC(=O)[C@H](NC(=O)[C@H](NC(=O)OC(C)(C)C)c1ccc(O)cc1)c1cc(O)cc(O)c1)C(=O)O. The van der Waals surface area contributed by atoms with E-state index < -0.39 is 65.0 Å². The molecule has 0 saturated carbocycles. The zero-order chi connectivity index (χ0) is 28.8. The second kappa shape index (κ2) is 12.2. The van der Waals surface area contributed by atoms with Crippen molar-refractivity contribution >= 4 is 23.9 Å². The highest BCUT2D eigenvalue weighted by molar-refractivity contribution is 5.94. The molecule has 2 aromatic carbocycles. The van der Waals surface area contributed by atoms with E-state index in [0.29, 0.717) is 0 Å². The van der Waals surface area contributed by atoms with Gasteiger partial charge in [0, 0.05) is 6.07 Å². The van der Waals surface area contributed by atoms with Gasteiger partial charge in [-0.2, -0.15) is 0 Å². The maximum absolute atomic E-state index is 13.5. The Bertz CT molecular complexity index is 1150. The molecule has 0 bridgehead atoms. The molecule has 0 radical (unpaired) electrons. The number of aromatic hydroxyl groups is 3. The van der Waals surface area contributed by atoms with E-state index in [1.165, 1.54) is 24.3 Å². The number of aliphatic carboxylic acids is 1. The van der Waals surface area contributed by atoms with Crippen molar-refractivity contribution in [3.05, 3.63) is 53.6 Å². The van der Waals surface area contributed by atoms with Gasteiger partial charge < -0.3 is 41.1 Å². The van der Waals surface area contributed by atoms with Crippen LogP contribution in [0.1, 0.15) is 57.8 Å². The summed E-state index contributed by atoms with van der Waals surface area (Å²) >= 11 is 0. The fourth-order valence-electron chi connectivity index (χ4n) is 3.45. The maximum Gasteiger partial charge on any atom is 0.408 e. The molecule has 7 N–H and O–H groups in total. The van der Waals surface area contributed by atoms with Crippen molar-refractivity contribution < 1.29 is 44.3 Å². The number of carbonyl (C=O) groups excluding carboxylic acids is 3. The summed E-state index contributed by atoms with van der Waals surface area (Å²) in [5, 5.41) is 46.3. The van der Waals surface area contributed by atoms with E-state index in [1.807, 2.05) is 0 Å². The number of ether oxygens (including phenoxy) is 1. The Kier molecular flexibility index (Phi) is 9.53. The fraction of sp³-hybridized carbons (Fsp3) is 0.385. The normalized spacial score (nSPS) is 13.6. The van der Waals surface area contributed by atoms with E-state index in [9.17, 15) is 39.6 Å². The molecule has 0 aliphatic heterocycles. The molecular weight excluding hydrogens is 498 g/mol. The lowest BCUT2D eigenvalue weighted by atomic mass is 10.00. The van der Waals surface area contributed by atoms with Crippen LogP contribution < -0.4 is 16.0 Å². The van der Waals surface area contributed by atoms with Gasteiger partial charge in [-0.05, 0) is 62.1 Å². The summed E-state index contributed by atoms with van der Waals surface area (Å²) in [5.41, 5.74) is -0.706. The zero-order valence-electron chi connectivity index (χ0n) is 21.7. The molecule has 0 heterocycles. The first-order chi connectivity index (χ1) is 17.6. The summed E-state index contributed by atoms with van der Waals surface area (Å²) in [6.45, 7) is 8.05. The number of carboxylic acid groups (broad SMARTS) is 1. The predicted octanol–water partition coefficient (Wildman–Crippen LogP) is 2.45. The van der Waals surface area contributed by atoms with Crippen molar-refractivity contribution in [3.63, 3.8) is 0 Å². The lowest BCUT2D eigenvalue weighted by Crippen LogP contribution is -2.51.